The molecule has 1 fully saturated rings. The van der Waals surface area contributed by atoms with E-state index in [0.29, 0.717) is 54.7 Å². The van der Waals surface area contributed by atoms with Crippen LogP contribution in [0, 0.1) is 6.92 Å². The normalized spacial score (nSPS) is 13.2. The molecule has 1 saturated heterocycles. The van der Waals surface area contributed by atoms with E-state index in [1.54, 1.807) is 32.4 Å². The van der Waals surface area contributed by atoms with Gasteiger partial charge in [0.2, 0.25) is 0 Å². The largest absolute Gasteiger partial charge is 0.497 e. The molecule has 188 valence electrons. The Labute approximate surface area is 211 Å². The van der Waals surface area contributed by atoms with Crippen LogP contribution in [0.1, 0.15) is 15.9 Å². The second-order valence-corrected chi connectivity index (χ2v) is 8.53. The summed E-state index contributed by atoms with van der Waals surface area (Å²) in [5, 5.41) is 2.86. The maximum absolute atomic E-state index is 13.0. The van der Waals surface area contributed by atoms with E-state index >= 15 is 0 Å². The van der Waals surface area contributed by atoms with Crippen molar-refractivity contribution >= 4 is 23.2 Å². The van der Waals surface area contributed by atoms with Crippen molar-refractivity contribution < 1.29 is 23.8 Å². The van der Waals surface area contributed by atoms with Crippen molar-refractivity contribution in [2.24, 2.45) is 0 Å². The van der Waals surface area contributed by atoms with Crippen LogP contribution >= 0.6 is 0 Å². The van der Waals surface area contributed by atoms with Gasteiger partial charge in [-0.15, -0.1) is 0 Å². The maximum Gasteiger partial charge on any atom is 0.262 e. The van der Waals surface area contributed by atoms with E-state index in [4.69, 9.17) is 14.2 Å². The summed E-state index contributed by atoms with van der Waals surface area (Å²) in [7, 11) is 3.13. The molecule has 2 amide bonds. The number of hydrogen-bond acceptors (Lipinski definition) is 6. The number of amides is 2. The van der Waals surface area contributed by atoms with Gasteiger partial charge in [-0.2, -0.15) is 0 Å². The second-order valence-electron chi connectivity index (χ2n) is 8.53. The molecule has 3 aromatic rings. The van der Waals surface area contributed by atoms with Crippen molar-refractivity contribution in [2.75, 3.05) is 57.2 Å². The number of ether oxygens (including phenoxy) is 3. The summed E-state index contributed by atoms with van der Waals surface area (Å²) in [6, 6.07) is 20.5. The third kappa shape index (κ3) is 6.07. The molecule has 0 atom stereocenters. The number of nitrogens with one attached hydrogen (secondary N) is 1. The molecule has 0 bridgehead atoms. The van der Waals surface area contributed by atoms with Gasteiger partial charge in [-0.05, 0) is 55.0 Å². The number of piperazine rings is 1. The molecule has 0 aliphatic carbocycles. The van der Waals surface area contributed by atoms with E-state index in [2.05, 4.69) is 10.2 Å². The summed E-state index contributed by atoms with van der Waals surface area (Å²) in [4.78, 5) is 29.4. The fourth-order valence-electron chi connectivity index (χ4n) is 4.10. The lowest BCUT2D eigenvalue weighted by Gasteiger charge is -2.36. The second kappa shape index (κ2) is 11.5. The molecular weight excluding hydrogens is 458 g/mol. The number of carbonyl (C=O) groups excluding carboxylic acids is 2. The van der Waals surface area contributed by atoms with Gasteiger partial charge < -0.3 is 29.3 Å². The van der Waals surface area contributed by atoms with Gasteiger partial charge in [0.1, 0.15) is 17.2 Å². The van der Waals surface area contributed by atoms with E-state index in [0.717, 1.165) is 11.3 Å². The highest BCUT2D eigenvalue weighted by atomic mass is 16.5. The fraction of sp³-hybridized carbons (Fsp3) is 0.286. The predicted molar refractivity (Wildman–Crippen MR) is 139 cm³/mol. The summed E-state index contributed by atoms with van der Waals surface area (Å²) in [6.07, 6.45) is 0. The third-order valence-corrected chi connectivity index (χ3v) is 6.13. The molecule has 0 radical (unpaired) electrons. The predicted octanol–water partition coefficient (Wildman–Crippen LogP) is 3.99. The van der Waals surface area contributed by atoms with Crippen molar-refractivity contribution in [1.29, 1.82) is 0 Å². The van der Waals surface area contributed by atoms with Crippen molar-refractivity contribution in [3.05, 3.63) is 77.9 Å². The fourth-order valence-corrected chi connectivity index (χ4v) is 4.10. The van der Waals surface area contributed by atoms with Crippen LogP contribution in [-0.4, -0.2) is 63.7 Å². The molecule has 8 heteroatoms. The first-order valence-corrected chi connectivity index (χ1v) is 11.8. The van der Waals surface area contributed by atoms with Crippen molar-refractivity contribution in [2.45, 2.75) is 6.92 Å². The maximum atomic E-state index is 13.0. The number of carbonyl (C=O) groups is 2. The zero-order valence-corrected chi connectivity index (χ0v) is 20.8. The van der Waals surface area contributed by atoms with E-state index < -0.39 is 0 Å². The van der Waals surface area contributed by atoms with Gasteiger partial charge in [-0.1, -0.05) is 18.2 Å². The van der Waals surface area contributed by atoms with Crippen molar-refractivity contribution in [3.8, 4) is 17.2 Å². The van der Waals surface area contributed by atoms with Gasteiger partial charge in [-0.25, -0.2) is 0 Å². The molecule has 0 aromatic heterocycles. The van der Waals surface area contributed by atoms with Crippen molar-refractivity contribution in [1.82, 2.24) is 4.90 Å². The SMILES string of the molecule is COc1cc(OC)cc(C(=O)N2CCN(c3ccc(NC(=O)COc4ccccc4C)cc3)CC2)c1. The monoisotopic (exact) mass is 489 g/mol. The smallest absolute Gasteiger partial charge is 0.262 e. The number of hydrogen-bond donors (Lipinski definition) is 1. The van der Waals surface area contributed by atoms with Gasteiger partial charge >= 0.3 is 0 Å². The van der Waals surface area contributed by atoms with E-state index in [1.807, 2.05) is 60.4 Å². The molecule has 1 aliphatic rings. The first-order chi connectivity index (χ1) is 17.5. The number of benzene rings is 3. The minimum absolute atomic E-state index is 0.0437. The number of anilines is 2. The summed E-state index contributed by atoms with van der Waals surface area (Å²) in [5.41, 5.74) is 3.28. The van der Waals surface area contributed by atoms with Gasteiger partial charge in [0, 0.05) is 49.2 Å². The number of para-hydroxylation sites is 1. The first-order valence-electron chi connectivity index (χ1n) is 11.8. The Morgan fingerprint density at radius 1 is 0.861 bits per heavy atom. The molecule has 36 heavy (non-hydrogen) atoms. The van der Waals surface area contributed by atoms with Crippen molar-refractivity contribution in [3.63, 3.8) is 0 Å². The highest BCUT2D eigenvalue weighted by molar-refractivity contribution is 5.95. The van der Waals surface area contributed by atoms with Crippen LogP contribution in [0.2, 0.25) is 0 Å². The Bertz CT molecular complexity index is 1180. The van der Waals surface area contributed by atoms with Gasteiger partial charge in [0.25, 0.3) is 11.8 Å². The van der Waals surface area contributed by atoms with Gasteiger partial charge in [0.15, 0.2) is 6.61 Å². The number of aryl methyl sites for hydroxylation is 1. The Morgan fingerprint density at radius 3 is 2.11 bits per heavy atom. The Kier molecular flexibility index (Phi) is 7.95. The van der Waals surface area contributed by atoms with Gasteiger partial charge in [0.05, 0.1) is 14.2 Å². The van der Waals surface area contributed by atoms with Crippen LogP contribution in [0.5, 0.6) is 17.2 Å². The molecule has 1 aliphatic heterocycles. The minimum atomic E-state index is -0.215. The summed E-state index contributed by atoms with van der Waals surface area (Å²) >= 11 is 0. The molecule has 1 heterocycles. The topological polar surface area (TPSA) is 80.3 Å². The van der Waals surface area contributed by atoms with Crippen LogP contribution in [0.15, 0.2) is 66.7 Å². The summed E-state index contributed by atoms with van der Waals surface area (Å²) < 4.78 is 16.2. The highest BCUT2D eigenvalue weighted by Crippen LogP contribution is 2.25. The Hall–Kier alpha value is -4.20. The average molecular weight is 490 g/mol. The molecule has 1 N–H and O–H groups in total. The van der Waals surface area contributed by atoms with Gasteiger partial charge in [-0.3, -0.25) is 9.59 Å². The first kappa shape index (κ1) is 24.9. The lowest BCUT2D eigenvalue weighted by molar-refractivity contribution is -0.118. The molecular formula is C28H31N3O5. The zero-order valence-electron chi connectivity index (χ0n) is 20.8. The van der Waals surface area contributed by atoms with E-state index in [-0.39, 0.29) is 18.4 Å². The standard InChI is InChI=1S/C28H31N3O5/c1-20-6-4-5-7-26(20)36-19-27(32)29-22-8-10-23(11-9-22)30-12-14-31(15-13-30)28(33)21-16-24(34-2)18-25(17-21)35-3/h4-11,16-18H,12-15,19H2,1-3H3,(H,29,32). The van der Waals surface area contributed by atoms with Crippen LogP contribution in [0.4, 0.5) is 11.4 Å². The minimum Gasteiger partial charge on any atom is -0.497 e. The van der Waals surface area contributed by atoms with Crippen LogP contribution < -0.4 is 24.4 Å². The summed E-state index contributed by atoms with van der Waals surface area (Å²) in [5.74, 6) is 1.62. The molecule has 0 spiro atoms. The average Bonchev–Trinajstić information content (AvgIpc) is 2.92. The number of rotatable bonds is 8. The summed E-state index contributed by atoms with van der Waals surface area (Å²) in [6.45, 7) is 4.52. The Balaban J connectivity index is 1.29. The van der Waals surface area contributed by atoms with Crippen LogP contribution in [0.3, 0.4) is 0 Å². The zero-order chi connectivity index (χ0) is 25.5. The number of nitrogens with zero attached hydrogens (tertiary/aromatic N) is 2. The van der Waals surface area contributed by atoms with Crippen LogP contribution in [-0.2, 0) is 4.79 Å². The molecule has 0 unspecified atom stereocenters. The quantitative estimate of drug-likeness (QED) is 0.515. The highest BCUT2D eigenvalue weighted by Gasteiger charge is 2.23. The lowest BCUT2D eigenvalue weighted by atomic mass is 10.1. The van der Waals surface area contributed by atoms with Crippen LogP contribution in [0.25, 0.3) is 0 Å². The molecule has 3 aromatic carbocycles. The number of methoxy groups -OCH3 is 2. The molecule has 8 nitrogen and oxygen atoms in total. The molecule has 4 rings (SSSR count). The Morgan fingerprint density at radius 2 is 1.50 bits per heavy atom. The van der Waals surface area contributed by atoms with E-state index in [1.165, 1.54) is 0 Å². The lowest BCUT2D eigenvalue weighted by Crippen LogP contribution is -2.48. The van der Waals surface area contributed by atoms with E-state index in [9.17, 15) is 9.59 Å². The molecule has 0 saturated carbocycles. The third-order valence-electron chi connectivity index (χ3n) is 6.13.